The Kier molecular flexibility index (Phi) is 5.66. The summed E-state index contributed by atoms with van der Waals surface area (Å²) in [5.41, 5.74) is 6.16. The summed E-state index contributed by atoms with van der Waals surface area (Å²) in [4.78, 5) is 37.3. The third-order valence-corrected chi connectivity index (χ3v) is 5.01. The number of likely N-dealkylation sites (tertiary alicyclic amines) is 1. The number of primary amides is 1. The van der Waals surface area contributed by atoms with Crippen LogP contribution in [0.15, 0.2) is 18.2 Å². The lowest BCUT2D eigenvalue weighted by Crippen LogP contribution is -2.45. The maximum Gasteiger partial charge on any atom is 0.313 e. The number of fused-ring (bicyclic) bond motifs is 1. The number of piperidine rings is 1. The van der Waals surface area contributed by atoms with Gasteiger partial charge in [0.15, 0.2) is 6.61 Å². The number of carbonyl (C=O) groups excluding carboxylic acids is 3. The number of nitrogens with zero attached hydrogens (tertiary/aromatic N) is 1. The molecule has 1 aromatic carbocycles. The first kappa shape index (κ1) is 18.5. The lowest BCUT2D eigenvalue weighted by Gasteiger charge is -2.31. The molecule has 2 N–H and O–H groups in total. The van der Waals surface area contributed by atoms with Gasteiger partial charge in [0.1, 0.15) is 12.4 Å². The van der Waals surface area contributed by atoms with Crippen molar-refractivity contribution in [3.05, 3.63) is 28.8 Å². The maximum absolute atomic E-state index is 12.3. The zero-order valence-electron chi connectivity index (χ0n) is 14.3. The molecule has 2 atom stereocenters. The first-order valence-electron chi connectivity index (χ1n) is 8.59. The van der Waals surface area contributed by atoms with Gasteiger partial charge < -0.3 is 20.1 Å². The van der Waals surface area contributed by atoms with Gasteiger partial charge in [-0.25, -0.2) is 0 Å². The van der Waals surface area contributed by atoms with Crippen LogP contribution in [0, 0.1) is 11.8 Å². The summed E-state index contributed by atoms with van der Waals surface area (Å²) < 4.78 is 10.7. The van der Waals surface area contributed by atoms with Crippen LogP contribution >= 0.6 is 11.6 Å². The van der Waals surface area contributed by atoms with Crippen molar-refractivity contribution in [1.29, 1.82) is 0 Å². The van der Waals surface area contributed by atoms with Crippen LogP contribution < -0.4 is 10.5 Å². The minimum absolute atomic E-state index is 0.203. The standard InChI is InChI=1S/C18H21ClN2O5/c19-14-3-4-15-12(7-14)6-13(9-25-15)18(24)26-10-16(22)21-5-1-2-11(8-21)17(20)23/h3-4,7,11,13H,1-2,5-6,8-10H2,(H2,20,23)/t11-,13+/m1/s1. The van der Waals surface area contributed by atoms with Gasteiger partial charge in [-0.15, -0.1) is 0 Å². The SMILES string of the molecule is NC(=O)[C@@H]1CCCN(C(=O)COC(=O)[C@@H]2COc3ccc(Cl)cc3C2)C1. The molecule has 3 rings (SSSR count). The molecule has 1 aromatic rings. The molecule has 0 aromatic heterocycles. The van der Waals surface area contributed by atoms with E-state index in [4.69, 9.17) is 26.8 Å². The van der Waals surface area contributed by atoms with Gasteiger partial charge in [-0.1, -0.05) is 11.6 Å². The maximum atomic E-state index is 12.3. The van der Waals surface area contributed by atoms with Crippen molar-refractivity contribution in [3.8, 4) is 5.75 Å². The highest BCUT2D eigenvalue weighted by Crippen LogP contribution is 2.30. The molecule has 0 saturated carbocycles. The van der Waals surface area contributed by atoms with Crippen molar-refractivity contribution >= 4 is 29.4 Å². The molecular weight excluding hydrogens is 360 g/mol. The highest BCUT2D eigenvalue weighted by Gasteiger charge is 2.30. The molecule has 1 saturated heterocycles. The number of amides is 2. The Morgan fingerprint density at radius 3 is 2.88 bits per heavy atom. The van der Waals surface area contributed by atoms with Gasteiger partial charge in [-0.2, -0.15) is 0 Å². The van der Waals surface area contributed by atoms with E-state index in [2.05, 4.69) is 0 Å². The highest BCUT2D eigenvalue weighted by atomic mass is 35.5. The number of nitrogens with two attached hydrogens (primary N) is 1. The van der Waals surface area contributed by atoms with Crippen LogP contribution in [-0.2, 0) is 25.5 Å². The number of carbonyl (C=O) groups is 3. The van der Waals surface area contributed by atoms with E-state index in [0.717, 1.165) is 5.56 Å². The van der Waals surface area contributed by atoms with Crippen LogP contribution in [0.2, 0.25) is 5.02 Å². The number of ether oxygens (including phenoxy) is 2. The summed E-state index contributed by atoms with van der Waals surface area (Å²) in [6, 6.07) is 5.27. The fourth-order valence-electron chi connectivity index (χ4n) is 3.29. The molecule has 2 amide bonds. The van der Waals surface area contributed by atoms with E-state index in [0.29, 0.717) is 36.6 Å². The van der Waals surface area contributed by atoms with Crippen LogP contribution in [0.4, 0.5) is 0 Å². The molecule has 0 spiro atoms. The second-order valence-electron chi connectivity index (χ2n) is 6.65. The monoisotopic (exact) mass is 380 g/mol. The Hall–Kier alpha value is -2.28. The second kappa shape index (κ2) is 7.95. The van der Waals surface area contributed by atoms with Crippen LogP contribution in [0.3, 0.4) is 0 Å². The summed E-state index contributed by atoms with van der Waals surface area (Å²) in [6.07, 6.45) is 1.85. The summed E-state index contributed by atoms with van der Waals surface area (Å²) in [5.74, 6) is -1.31. The minimum atomic E-state index is -0.479. The van der Waals surface area contributed by atoms with Crippen LogP contribution in [0.1, 0.15) is 18.4 Å². The van der Waals surface area contributed by atoms with Gasteiger partial charge in [-0.3, -0.25) is 14.4 Å². The molecule has 0 unspecified atom stereocenters. The van der Waals surface area contributed by atoms with E-state index in [9.17, 15) is 14.4 Å². The molecule has 2 aliphatic rings. The number of hydrogen-bond acceptors (Lipinski definition) is 5. The normalized spacial score (nSPS) is 22.1. The number of hydrogen-bond donors (Lipinski definition) is 1. The molecule has 0 bridgehead atoms. The summed E-state index contributed by atoms with van der Waals surface area (Å²) >= 11 is 5.97. The summed E-state index contributed by atoms with van der Waals surface area (Å²) in [6.45, 7) is 0.682. The molecule has 7 nitrogen and oxygen atoms in total. The third kappa shape index (κ3) is 4.27. The zero-order valence-corrected chi connectivity index (χ0v) is 15.0. The molecule has 8 heteroatoms. The first-order valence-corrected chi connectivity index (χ1v) is 8.97. The minimum Gasteiger partial charge on any atom is -0.492 e. The van der Waals surface area contributed by atoms with E-state index in [-0.39, 0.29) is 31.6 Å². The lowest BCUT2D eigenvalue weighted by molar-refractivity contribution is -0.157. The summed E-state index contributed by atoms with van der Waals surface area (Å²) in [5, 5.41) is 0.575. The van der Waals surface area contributed by atoms with Crippen LogP contribution in [-0.4, -0.2) is 49.0 Å². The van der Waals surface area contributed by atoms with E-state index >= 15 is 0 Å². The fraction of sp³-hybridized carbons (Fsp3) is 0.500. The molecule has 2 heterocycles. The second-order valence-corrected chi connectivity index (χ2v) is 7.09. The van der Waals surface area contributed by atoms with Crippen molar-refractivity contribution < 1.29 is 23.9 Å². The average Bonchev–Trinajstić information content (AvgIpc) is 2.65. The number of halogens is 1. The van der Waals surface area contributed by atoms with Gasteiger partial charge in [0.25, 0.3) is 5.91 Å². The largest absolute Gasteiger partial charge is 0.492 e. The average molecular weight is 381 g/mol. The van der Waals surface area contributed by atoms with Crippen molar-refractivity contribution in [2.75, 3.05) is 26.3 Å². The van der Waals surface area contributed by atoms with Crippen molar-refractivity contribution in [2.24, 2.45) is 17.6 Å². The molecule has 0 aliphatic carbocycles. The number of esters is 1. The van der Waals surface area contributed by atoms with Crippen molar-refractivity contribution in [2.45, 2.75) is 19.3 Å². The van der Waals surface area contributed by atoms with Crippen LogP contribution in [0.5, 0.6) is 5.75 Å². The molecule has 0 radical (unpaired) electrons. The molecule has 2 aliphatic heterocycles. The van der Waals surface area contributed by atoms with Gasteiger partial charge in [0.05, 0.1) is 11.8 Å². The number of benzene rings is 1. The predicted molar refractivity (Wildman–Crippen MR) is 93.6 cm³/mol. The van der Waals surface area contributed by atoms with E-state index in [1.807, 2.05) is 0 Å². The van der Waals surface area contributed by atoms with Gasteiger partial charge in [0.2, 0.25) is 5.91 Å². The Bertz CT molecular complexity index is 724. The quantitative estimate of drug-likeness (QED) is 0.790. The smallest absolute Gasteiger partial charge is 0.313 e. The topological polar surface area (TPSA) is 98.9 Å². The Balaban J connectivity index is 1.51. The van der Waals surface area contributed by atoms with Crippen molar-refractivity contribution in [3.63, 3.8) is 0 Å². The first-order chi connectivity index (χ1) is 12.4. The molecule has 26 heavy (non-hydrogen) atoms. The van der Waals surface area contributed by atoms with E-state index < -0.39 is 17.8 Å². The van der Waals surface area contributed by atoms with Crippen molar-refractivity contribution in [1.82, 2.24) is 4.90 Å². The lowest BCUT2D eigenvalue weighted by atomic mass is 9.97. The third-order valence-electron chi connectivity index (χ3n) is 4.78. The number of rotatable bonds is 4. The Labute approximate surface area is 156 Å². The van der Waals surface area contributed by atoms with E-state index in [1.165, 1.54) is 4.90 Å². The van der Waals surface area contributed by atoms with Crippen LogP contribution in [0.25, 0.3) is 0 Å². The molecule has 1 fully saturated rings. The summed E-state index contributed by atoms with van der Waals surface area (Å²) in [7, 11) is 0. The molecular formula is C18H21ClN2O5. The highest BCUT2D eigenvalue weighted by molar-refractivity contribution is 6.30. The Morgan fingerprint density at radius 1 is 1.31 bits per heavy atom. The Morgan fingerprint density at radius 2 is 2.12 bits per heavy atom. The fourth-order valence-corrected chi connectivity index (χ4v) is 3.49. The zero-order chi connectivity index (χ0) is 18.7. The van der Waals surface area contributed by atoms with Gasteiger partial charge >= 0.3 is 5.97 Å². The van der Waals surface area contributed by atoms with E-state index in [1.54, 1.807) is 18.2 Å². The van der Waals surface area contributed by atoms with Gasteiger partial charge in [-0.05, 0) is 43.0 Å². The van der Waals surface area contributed by atoms with Gasteiger partial charge in [0, 0.05) is 18.1 Å². The predicted octanol–water partition coefficient (Wildman–Crippen LogP) is 1.16. The molecule has 140 valence electrons.